The first-order chi connectivity index (χ1) is 9.60. The van der Waals surface area contributed by atoms with Gasteiger partial charge in [0.25, 0.3) is 5.91 Å². The highest BCUT2D eigenvalue weighted by atomic mass is 16.5. The van der Waals surface area contributed by atoms with Crippen LogP contribution in [0.25, 0.3) is 0 Å². The molecule has 1 atom stereocenters. The van der Waals surface area contributed by atoms with Gasteiger partial charge in [-0.15, -0.1) is 0 Å². The molecule has 1 heterocycles. The summed E-state index contributed by atoms with van der Waals surface area (Å²) in [6.45, 7) is 4.78. The molecule has 110 valence electrons. The second-order valence-corrected chi connectivity index (χ2v) is 5.37. The van der Waals surface area contributed by atoms with Crippen LogP contribution in [0.15, 0.2) is 18.3 Å². The zero-order chi connectivity index (χ0) is 14.5. The monoisotopic (exact) mass is 277 g/mol. The minimum absolute atomic E-state index is 0.0506. The van der Waals surface area contributed by atoms with E-state index >= 15 is 0 Å². The third-order valence-corrected chi connectivity index (χ3v) is 3.34. The molecule has 2 rings (SSSR count). The summed E-state index contributed by atoms with van der Waals surface area (Å²) in [7, 11) is 0. The average Bonchev–Trinajstić information content (AvgIpc) is 3.23. The molecule has 2 N–H and O–H groups in total. The fraction of sp³-hybridized carbons (Fsp3) is 0.600. The van der Waals surface area contributed by atoms with Crippen LogP contribution in [0.4, 0.5) is 0 Å². The molecule has 20 heavy (non-hydrogen) atoms. The molecular formula is C15H23N3O2. The Morgan fingerprint density at radius 1 is 1.55 bits per heavy atom. The second-order valence-electron chi connectivity index (χ2n) is 5.37. The molecule has 0 aromatic carbocycles. The zero-order valence-corrected chi connectivity index (χ0v) is 12.2. The SMILES string of the molecule is CCN(C(=O)COc1ccc(CC(C)N)nc1)C1CC1. The first kappa shape index (κ1) is 14.8. The standard InChI is InChI=1S/C15H23N3O2/c1-3-18(13-5-6-13)15(19)10-20-14-7-4-12(17-9-14)8-11(2)16/h4,7,9,11,13H,3,5-6,8,10,16H2,1-2H3. The molecule has 0 spiro atoms. The van der Waals surface area contributed by atoms with Gasteiger partial charge in [-0.1, -0.05) is 0 Å². The number of hydrogen-bond donors (Lipinski definition) is 1. The van der Waals surface area contributed by atoms with E-state index < -0.39 is 0 Å². The molecule has 1 fully saturated rings. The van der Waals surface area contributed by atoms with Gasteiger partial charge in [0.15, 0.2) is 6.61 Å². The predicted octanol–water partition coefficient (Wildman–Crippen LogP) is 1.36. The minimum atomic E-state index is 0.0506. The quantitative estimate of drug-likeness (QED) is 0.817. The number of rotatable bonds is 7. The lowest BCUT2D eigenvalue weighted by Crippen LogP contribution is -2.36. The third-order valence-electron chi connectivity index (χ3n) is 3.34. The molecular weight excluding hydrogens is 254 g/mol. The van der Waals surface area contributed by atoms with E-state index in [-0.39, 0.29) is 18.6 Å². The van der Waals surface area contributed by atoms with Crippen molar-refractivity contribution in [2.24, 2.45) is 5.73 Å². The van der Waals surface area contributed by atoms with Gasteiger partial charge in [-0.2, -0.15) is 0 Å². The lowest BCUT2D eigenvalue weighted by Gasteiger charge is -2.20. The molecule has 1 aliphatic carbocycles. The number of carbonyl (C=O) groups is 1. The topological polar surface area (TPSA) is 68.5 Å². The fourth-order valence-corrected chi connectivity index (χ4v) is 2.20. The van der Waals surface area contributed by atoms with E-state index in [0.717, 1.165) is 31.5 Å². The first-order valence-electron chi connectivity index (χ1n) is 7.23. The van der Waals surface area contributed by atoms with Crippen LogP contribution in [0.1, 0.15) is 32.4 Å². The second kappa shape index (κ2) is 6.70. The van der Waals surface area contributed by atoms with Crippen molar-refractivity contribution in [1.82, 2.24) is 9.88 Å². The highest BCUT2D eigenvalue weighted by Gasteiger charge is 2.31. The fourth-order valence-electron chi connectivity index (χ4n) is 2.20. The van der Waals surface area contributed by atoms with Crippen LogP contribution in [0.2, 0.25) is 0 Å². The molecule has 1 aliphatic rings. The van der Waals surface area contributed by atoms with E-state index in [0.29, 0.717) is 11.8 Å². The summed E-state index contributed by atoms with van der Waals surface area (Å²) in [6.07, 6.45) is 4.63. The molecule has 0 saturated heterocycles. The van der Waals surface area contributed by atoms with Gasteiger partial charge in [0.2, 0.25) is 0 Å². The Kier molecular flexibility index (Phi) is 4.95. The number of ether oxygens (including phenoxy) is 1. The Morgan fingerprint density at radius 2 is 2.30 bits per heavy atom. The van der Waals surface area contributed by atoms with Crippen LogP contribution in [-0.2, 0) is 11.2 Å². The van der Waals surface area contributed by atoms with Crippen LogP contribution in [0, 0.1) is 0 Å². The molecule has 0 radical (unpaired) electrons. The lowest BCUT2D eigenvalue weighted by molar-refractivity contribution is -0.133. The summed E-state index contributed by atoms with van der Waals surface area (Å²) < 4.78 is 5.50. The van der Waals surface area contributed by atoms with Crippen molar-refractivity contribution in [3.05, 3.63) is 24.0 Å². The van der Waals surface area contributed by atoms with E-state index in [4.69, 9.17) is 10.5 Å². The molecule has 5 heteroatoms. The Bertz CT molecular complexity index is 441. The lowest BCUT2D eigenvalue weighted by atomic mass is 10.2. The van der Waals surface area contributed by atoms with E-state index in [1.54, 1.807) is 6.20 Å². The van der Waals surface area contributed by atoms with E-state index in [2.05, 4.69) is 4.98 Å². The molecule has 1 amide bonds. The highest BCUT2D eigenvalue weighted by molar-refractivity contribution is 5.78. The molecule has 5 nitrogen and oxygen atoms in total. The Morgan fingerprint density at radius 3 is 2.80 bits per heavy atom. The van der Waals surface area contributed by atoms with Crippen molar-refractivity contribution >= 4 is 5.91 Å². The summed E-state index contributed by atoms with van der Waals surface area (Å²) in [4.78, 5) is 18.2. The summed E-state index contributed by atoms with van der Waals surface area (Å²) in [6, 6.07) is 4.25. The maximum Gasteiger partial charge on any atom is 0.260 e. The number of amides is 1. The van der Waals surface area contributed by atoms with Gasteiger partial charge < -0.3 is 15.4 Å². The smallest absolute Gasteiger partial charge is 0.260 e. The molecule has 1 aromatic heterocycles. The van der Waals surface area contributed by atoms with Crippen molar-refractivity contribution in [3.8, 4) is 5.75 Å². The van der Waals surface area contributed by atoms with Crippen molar-refractivity contribution in [2.75, 3.05) is 13.2 Å². The summed E-state index contributed by atoms with van der Waals surface area (Å²) in [5.74, 6) is 0.674. The Balaban J connectivity index is 1.82. The van der Waals surface area contributed by atoms with Gasteiger partial charge in [0, 0.05) is 30.7 Å². The van der Waals surface area contributed by atoms with E-state index in [9.17, 15) is 4.79 Å². The molecule has 1 aromatic rings. The van der Waals surface area contributed by atoms with Gasteiger partial charge in [-0.3, -0.25) is 9.78 Å². The molecule has 0 aliphatic heterocycles. The van der Waals surface area contributed by atoms with Crippen LogP contribution in [0.5, 0.6) is 5.75 Å². The Hall–Kier alpha value is -1.62. The van der Waals surface area contributed by atoms with Crippen molar-refractivity contribution in [3.63, 3.8) is 0 Å². The number of pyridine rings is 1. The largest absolute Gasteiger partial charge is 0.482 e. The number of nitrogens with two attached hydrogens (primary N) is 1. The Labute approximate surface area is 120 Å². The predicted molar refractivity (Wildman–Crippen MR) is 77.5 cm³/mol. The van der Waals surface area contributed by atoms with Gasteiger partial charge in [-0.25, -0.2) is 0 Å². The summed E-state index contributed by atoms with van der Waals surface area (Å²) in [5.41, 5.74) is 6.66. The number of nitrogens with zero attached hydrogens (tertiary/aromatic N) is 2. The van der Waals surface area contributed by atoms with Crippen molar-refractivity contribution in [1.29, 1.82) is 0 Å². The third kappa shape index (κ3) is 4.20. The van der Waals surface area contributed by atoms with Crippen LogP contribution in [-0.4, -0.2) is 41.0 Å². The normalized spacial score (nSPS) is 15.8. The van der Waals surface area contributed by atoms with Gasteiger partial charge in [0.05, 0.1) is 6.20 Å². The van der Waals surface area contributed by atoms with E-state index in [1.807, 2.05) is 30.9 Å². The van der Waals surface area contributed by atoms with Crippen LogP contribution in [0.3, 0.4) is 0 Å². The maximum absolute atomic E-state index is 12.0. The maximum atomic E-state index is 12.0. The van der Waals surface area contributed by atoms with Gasteiger partial charge in [-0.05, 0) is 38.8 Å². The molecule has 1 unspecified atom stereocenters. The molecule has 1 saturated carbocycles. The van der Waals surface area contributed by atoms with Gasteiger partial charge >= 0.3 is 0 Å². The molecule has 0 bridgehead atoms. The van der Waals surface area contributed by atoms with Crippen LogP contribution < -0.4 is 10.5 Å². The number of aromatic nitrogens is 1. The summed E-state index contributed by atoms with van der Waals surface area (Å²) in [5, 5.41) is 0. The minimum Gasteiger partial charge on any atom is -0.482 e. The van der Waals surface area contributed by atoms with E-state index in [1.165, 1.54) is 0 Å². The zero-order valence-electron chi connectivity index (χ0n) is 12.2. The average molecular weight is 277 g/mol. The van der Waals surface area contributed by atoms with Crippen molar-refractivity contribution < 1.29 is 9.53 Å². The first-order valence-corrected chi connectivity index (χ1v) is 7.23. The van der Waals surface area contributed by atoms with Crippen molar-refractivity contribution in [2.45, 2.75) is 45.2 Å². The summed E-state index contributed by atoms with van der Waals surface area (Å²) >= 11 is 0. The number of carbonyl (C=O) groups excluding carboxylic acids is 1. The number of likely N-dealkylation sites (N-methyl/N-ethyl adjacent to an activating group) is 1. The van der Waals surface area contributed by atoms with Crippen LogP contribution >= 0.6 is 0 Å². The number of hydrogen-bond acceptors (Lipinski definition) is 4. The highest BCUT2D eigenvalue weighted by Crippen LogP contribution is 2.26. The van der Waals surface area contributed by atoms with Gasteiger partial charge in [0.1, 0.15) is 5.75 Å².